The third-order valence-electron chi connectivity index (χ3n) is 4.62. The van der Waals surface area contributed by atoms with E-state index in [4.69, 9.17) is 4.74 Å². The van der Waals surface area contributed by atoms with Gasteiger partial charge in [0.05, 0.1) is 0 Å². The van der Waals surface area contributed by atoms with Gasteiger partial charge in [-0.3, -0.25) is 4.90 Å². The minimum absolute atomic E-state index is 0.294. The molecule has 0 bridgehead atoms. The maximum atomic E-state index is 10.5. The summed E-state index contributed by atoms with van der Waals surface area (Å²) in [5, 5.41) is 10.5. The summed E-state index contributed by atoms with van der Waals surface area (Å²) in [6.45, 7) is 3.64. The van der Waals surface area contributed by atoms with Gasteiger partial charge < -0.3 is 14.4 Å². The summed E-state index contributed by atoms with van der Waals surface area (Å²) < 4.78 is 7.66. The lowest BCUT2D eigenvalue weighted by atomic mass is 9.91. The molecule has 1 atom stereocenters. The average molecular weight is 315 g/mol. The number of rotatable bonds is 6. The van der Waals surface area contributed by atoms with Crippen molar-refractivity contribution in [2.45, 2.75) is 18.9 Å². The Morgan fingerprint density at radius 3 is 2.65 bits per heavy atom. The van der Waals surface area contributed by atoms with E-state index < -0.39 is 6.10 Å². The number of imidazole rings is 1. The summed E-state index contributed by atoms with van der Waals surface area (Å²) in [7, 11) is 1.93. The Kier molecular flexibility index (Phi) is 5.31. The van der Waals surface area contributed by atoms with E-state index in [-0.39, 0.29) is 0 Å². The molecular weight excluding hydrogens is 290 g/mol. The zero-order valence-corrected chi connectivity index (χ0v) is 13.6. The molecule has 1 N–H and O–H groups in total. The number of aliphatic hydroxyl groups excluding tert-OH is 1. The lowest BCUT2D eigenvalue weighted by Crippen LogP contribution is -2.38. The Morgan fingerprint density at radius 1 is 1.26 bits per heavy atom. The van der Waals surface area contributed by atoms with Crippen LogP contribution in [0.3, 0.4) is 0 Å². The van der Waals surface area contributed by atoms with E-state index in [2.05, 4.69) is 9.88 Å². The maximum absolute atomic E-state index is 10.5. The molecule has 2 heterocycles. The second-order valence-corrected chi connectivity index (χ2v) is 6.18. The van der Waals surface area contributed by atoms with Crippen LogP contribution in [0.15, 0.2) is 42.7 Å². The standard InChI is InChI=1S/C18H25N3O2/c1-20-12-9-19-18(20)17(22)15-7-10-21(11-8-15)13-14-23-16-5-3-2-4-6-16/h2-6,9,12,15,17,22H,7-8,10-11,13-14H2,1H3. The van der Waals surface area contributed by atoms with Crippen LogP contribution >= 0.6 is 0 Å². The SMILES string of the molecule is Cn1ccnc1C(O)C1CCN(CCOc2ccccc2)CC1. The van der Waals surface area contributed by atoms with Crippen molar-refractivity contribution in [1.29, 1.82) is 0 Å². The van der Waals surface area contributed by atoms with Crippen LogP contribution < -0.4 is 4.74 Å². The van der Waals surface area contributed by atoms with Crippen LogP contribution in [0.2, 0.25) is 0 Å². The highest BCUT2D eigenvalue weighted by atomic mass is 16.5. The number of aliphatic hydroxyl groups is 1. The van der Waals surface area contributed by atoms with Gasteiger partial charge in [0.25, 0.3) is 0 Å². The highest BCUT2D eigenvalue weighted by Gasteiger charge is 2.28. The summed E-state index contributed by atoms with van der Waals surface area (Å²) in [4.78, 5) is 6.68. The van der Waals surface area contributed by atoms with Gasteiger partial charge in [0.2, 0.25) is 0 Å². The lowest BCUT2D eigenvalue weighted by Gasteiger charge is -2.33. The van der Waals surface area contributed by atoms with Crippen LogP contribution in [0.5, 0.6) is 5.75 Å². The quantitative estimate of drug-likeness (QED) is 0.888. The van der Waals surface area contributed by atoms with Crippen molar-refractivity contribution in [3.63, 3.8) is 0 Å². The van der Waals surface area contributed by atoms with Crippen molar-refractivity contribution < 1.29 is 9.84 Å². The first-order valence-electron chi connectivity index (χ1n) is 8.29. The number of aromatic nitrogens is 2. The molecular formula is C18H25N3O2. The number of hydrogen-bond acceptors (Lipinski definition) is 4. The number of piperidine rings is 1. The molecule has 1 aliphatic heterocycles. The second kappa shape index (κ2) is 7.62. The molecule has 1 aromatic carbocycles. The van der Waals surface area contributed by atoms with Crippen LogP contribution in [-0.2, 0) is 7.05 Å². The normalized spacial score (nSPS) is 18.0. The highest BCUT2D eigenvalue weighted by Crippen LogP contribution is 2.29. The summed E-state index contributed by atoms with van der Waals surface area (Å²) in [5.41, 5.74) is 0. The molecule has 0 spiro atoms. The van der Waals surface area contributed by atoms with Crippen molar-refractivity contribution in [2.24, 2.45) is 13.0 Å². The number of benzene rings is 1. The van der Waals surface area contributed by atoms with E-state index in [0.717, 1.165) is 44.0 Å². The van der Waals surface area contributed by atoms with E-state index >= 15 is 0 Å². The molecule has 124 valence electrons. The fourth-order valence-electron chi connectivity index (χ4n) is 3.17. The number of nitrogens with zero attached hydrogens (tertiary/aromatic N) is 3. The molecule has 1 unspecified atom stereocenters. The lowest BCUT2D eigenvalue weighted by molar-refractivity contribution is 0.0478. The van der Waals surface area contributed by atoms with Gasteiger partial charge in [-0.1, -0.05) is 18.2 Å². The van der Waals surface area contributed by atoms with Gasteiger partial charge in [-0.2, -0.15) is 0 Å². The molecule has 1 aliphatic rings. The largest absolute Gasteiger partial charge is 0.492 e. The first-order chi connectivity index (χ1) is 11.2. The first-order valence-corrected chi connectivity index (χ1v) is 8.29. The summed E-state index contributed by atoms with van der Waals surface area (Å²) >= 11 is 0. The third kappa shape index (κ3) is 4.12. The van der Waals surface area contributed by atoms with E-state index in [1.165, 1.54) is 0 Å². The second-order valence-electron chi connectivity index (χ2n) is 6.18. The van der Waals surface area contributed by atoms with Crippen LogP contribution in [0.4, 0.5) is 0 Å². The van der Waals surface area contributed by atoms with Gasteiger partial charge >= 0.3 is 0 Å². The van der Waals surface area contributed by atoms with Crippen molar-refractivity contribution in [3.8, 4) is 5.75 Å². The molecule has 0 saturated carbocycles. The fraction of sp³-hybridized carbons (Fsp3) is 0.500. The average Bonchev–Trinajstić information content (AvgIpc) is 3.02. The minimum Gasteiger partial charge on any atom is -0.492 e. The van der Waals surface area contributed by atoms with Gasteiger partial charge in [0.1, 0.15) is 24.3 Å². The summed E-state index contributed by atoms with van der Waals surface area (Å²) in [6, 6.07) is 9.93. The predicted octanol–water partition coefficient (Wildman–Crippen LogP) is 2.24. The Labute approximate surface area is 137 Å². The van der Waals surface area contributed by atoms with Crippen LogP contribution in [0.25, 0.3) is 0 Å². The van der Waals surface area contributed by atoms with Crippen LogP contribution in [0, 0.1) is 5.92 Å². The van der Waals surface area contributed by atoms with E-state index in [0.29, 0.717) is 12.5 Å². The van der Waals surface area contributed by atoms with Crippen molar-refractivity contribution in [3.05, 3.63) is 48.5 Å². The summed E-state index contributed by atoms with van der Waals surface area (Å²) in [5.74, 6) is 1.99. The third-order valence-corrected chi connectivity index (χ3v) is 4.62. The molecule has 1 aromatic heterocycles. The van der Waals surface area contributed by atoms with Crippen LogP contribution in [0.1, 0.15) is 24.8 Å². The Hall–Kier alpha value is -1.85. The van der Waals surface area contributed by atoms with Crippen molar-refractivity contribution in [1.82, 2.24) is 14.5 Å². The number of likely N-dealkylation sites (tertiary alicyclic amines) is 1. The molecule has 5 heteroatoms. The minimum atomic E-state index is -0.460. The van der Waals surface area contributed by atoms with Gasteiger partial charge in [-0.25, -0.2) is 4.98 Å². The van der Waals surface area contributed by atoms with Gasteiger partial charge in [-0.15, -0.1) is 0 Å². The number of aryl methyl sites for hydroxylation is 1. The van der Waals surface area contributed by atoms with Crippen molar-refractivity contribution in [2.75, 3.05) is 26.2 Å². The Bertz CT molecular complexity index is 591. The van der Waals surface area contributed by atoms with E-state index in [9.17, 15) is 5.11 Å². The zero-order chi connectivity index (χ0) is 16.1. The van der Waals surface area contributed by atoms with Gasteiger partial charge in [0.15, 0.2) is 0 Å². The van der Waals surface area contributed by atoms with Gasteiger partial charge in [-0.05, 0) is 44.0 Å². The Morgan fingerprint density at radius 2 is 2.00 bits per heavy atom. The summed E-state index contributed by atoms with van der Waals surface area (Å²) in [6.07, 6.45) is 5.17. The molecule has 1 saturated heterocycles. The van der Waals surface area contributed by atoms with E-state index in [1.54, 1.807) is 6.20 Å². The topological polar surface area (TPSA) is 50.5 Å². The monoisotopic (exact) mass is 315 g/mol. The maximum Gasteiger partial charge on any atom is 0.137 e. The van der Waals surface area contributed by atoms with Crippen molar-refractivity contribution >= 4 is 0 Å². The van der Waals surface area contributed by atoms with Crippen LogP contribution in [-0.4, -0.2) is 45.8 Å². The number of para-hydroxylation sites is 1. The molecule has 1 fully saturated rings. The molecule has 3 rings (SSSR count). The molecule has 23 heavy (non-hydrogen) atoms. The molecule has 2 aromatic rings. The number of ether oxygens (including phenoxy) is 1. The molecule has 5 nitrogen and oxygen atoms in total. The smallest absolute Gasteiger partial charge is 0.137 e. The zero-order valence-electron chi connectivity index (χ0n) is 13.6. The highest BCUT2D eigenvalue weighted by molar-refractivity contribution is 5.20. The molecule has 0 aliphatic carbocycles. The molecule has 0 radical (unpaired) electrons. The van der Waals surface area contributed by atoms with E-state index in [1.807, 2.05) is 48.1 Å². The number of hydrogen-bond donors (Lipinski definition) is 1. The first kappa shape index (κ1) is 16.0. The Balaban J connectivity index is 1.41. The molecule has 0 amide bonds. The predicted molar refractivity (Wildman–Crippen MR) is 89.3 cm³/mol. The van der Waals surface area contributed by atoms with Gasteiger partial charge in [0, 0.05) is 26.0 Å². The fourth-order valence-corrected chi connectivity index (χ4v) is 3.17.